The summed E-state index contributed by atoms with van der Waals surface area (Å²) in [7, 11) is 1.81. The van der Waals surface area contributed by atoms with Gasteiger partial charge < -0.3 is 14.9 Å². The normalized spacial score (nSPS) is 15.9. The zero-order valence-corrected chi connectivity index (χ0v) is 12.8. The molecule has 1 unspecified atom stereocenters. The van der Waals surface area contributed by atoms with Crippen LogP contribution >= 0.6 is 11.8 Å². The first kappa shape index (κ1) is 16.1. The van der Waals surface area contributed by atoms with Gasteiger partial charge >= 0.3 is 12.0 Å². The molecule has 1 rings (SSSR count). The molecule has 1 aliphatic carbocycles. The lowest BCUT2D eigenvalue weighted by Gasteiger charge is -2.32. The number of carbonyl (C=O) groups is 2. The molecule has 1 saturated carbocycles. The van der Waals surface area contributed by atoms with Crippen molar-refractivity contribution in [1.29, 1.82) is 0 Å². The molecule has 0 aromatic heterocycles. The smallest absolute Gasteiger partial charge is 0.320 e. The highest BCUT2D eigenvalue weighted by Gasteiger charge is 2.34. The Morgan fingerprint density at radius 1 is 1.42 bits per heavy atom. The zero-order valence-electron chi connectivity index (χ0n) is 12.0. The Hall–Kier alpha value is -0.910. The molecule has 1 fully saturated rings. The third-order valence-corrected chi connectivity index (χ3v) is 4.15. The Bertz CT molecular complexity index is 321. The van der Waals surface area contributed by atoms with Crippen LogP contribution in [0.3, 0.4) is 0 Å². The van der Waals surface area contributed by atoms with Gasteiger partial charge in [-0.25, -0.2) is 4.79 Å². The molecule has 2 amide bonds. The van der Waals surface area contributed by atoms with Crippen LogP contribution in [0.2, 0.25) is 0 Å². The number of carbonyl (C=O) groups excluding carboxylic acids is 1. The van der Waals surface area contributed by atoms with Crippen LogP contribution in [0.4, 0.5) is 4.79 Å². The molecular formula is C13H24N2O3S. The van der Waals surface area contributed by atoms with Crippen LogP contribution in [-0.2, 0) is 4.79 Å². The highest BCUT2D eigenvalue weighted by atomic mass is 32.2. The van der Waals surface area contributed by atoms with Crippen molar-refractivity contribution in [3.8, 4) is 0 Å². The number of carboxylic acids is 1. The molecule has 0 saturated heterocycles. The maximum atomic E-state index is 12.4. The number of urea groups is 1. The van der Waals surface area contributed by atoms with Crippen LogP contribution in [0.1, 0.15) is 32.6 Å². The lowest BCUT2D eigenvalue weighted by Crippen LogP contribution is -2.47. The van der Waals surface area contributed by atoms with Crippen LogP contribution in [0.5, 0.6) is 0 Å². The van der Waals surface area contributed by atoms with Gasteiger partial charge in [-0.2, -0.15) is 11.8 Å². The molecule has 110 valence electrons. The van der Waals surface area contributed by atoms with E-state index in [1.165, 1.54) is 0 Å². The third kappa shape index (κ3) is 5.30. The van der Waals surface area contributed by atoms with E-state index in [1.54, 1.807) is 21.6 Å². The van der Waals surface area contributed by atoms with E-state index in [0.717, 1.165) is 25.0 Å². The molecule has 6 heteroatoms. The number of hydrogen-bond acceptors (Lipinski definition) is 3. The van der Waals surface area contributed by atoms with Gasteiger partial charge in [0.2, 0.25) is 0 Å². The molecule has 0 aromatic carbocycles. The molecule has 0 bridgehead atoms. The standard InChI is InChI=1S/C13H24N2O3S/c1-10(7-9-19-3)14(2)13(18)15(11-4-5-11)8-6-12(16)17/h10-11H,4-9H2,1-3H3,(H,16,17). The number of rotatable bonds is 8. The maximum absolute atomic E-state index is 12.4. The first-order valence-corrected chi connectivity index (χ1v) is 8.11. The van der Waals surface area contributed by atoms with Gasteiger partial charge in [-0.15, -0.1) is 0 Å². The van der Waals surface area contributed by atoms with Crippen molar-refractivity contribution in [2.75, 3.05) is 25.6 Å². The van der Waals surface area contributed by atoms with Crippen LogP contribution in [0, 0.1) is 0 Å². The van der Waals surface area contributed by atoms with Gasteiger partial charge in [0, 0.05) is 25.7 Å². The molecule has 1 N–H and O–H groups in total. The minimum absolute atomic E-state index is 0.0231. The fourth-order valence-electron chi connectivity index (χ4n) is 1.91. The highest BCUT2D eigenvalue weighted by molar-refractivity contribution is 7.98. The van der Waals surface area contributed by atoms with Crippen molar-refractivity contribution >= 4 is 23.8 Å². The fourth-order valence-corrected chi connectivity index (χ4v) is 2.49. The second-order valence-corrected chi connectivity index (χ2v) is 6.08. The Morgan fingerprint density at radius 2 is 2.05 bits per heavy atom. The minimum atomic E-state index is -0.850. The topological polar surface area (TPSA) is 60.9 Å². The summed E-state index contributed by atoms with van der Waals surface area (Å²) in [5.74, 6) is 0.175. The molecule has 0 aliphatic heterocycles. The second-order valence-electron chi connectivity index (χ2n) is 5.09. The molecule has 0 radical (unpaired) electrons. The molecular weight excluding hydrogens is 264 g/mol. The fraction of sp³-hybridized carbons (Fsp3) is 0.846. The number of thioether (sulfide) groups is 1. The first-order valence-electron chi connectivity index (χ1n) is 6.71. The molecule has 0 heterocycles. The second kappa shape index (κ2) is 7.62. The van der Waals surface area contributed by atoms with Crippen molar-refractivity contribution in [2.24, 2.45) is 0 Å². The zero-order chi connectivity index (χ0) is 14.4. The molecule has 1 aliphatic rings. The summed E-state index contributed by atoms with van der Waals surface area (Å²) in [6.07, 6.45) is 5.03. The van der Waals surface area contributed by atoms with Gasteiger partial charge in [-0.1, -0.05) is 0 Å². The summed E-state index contributed by atoms with van der Waals surface area (Å²) in [5.41, 5.74) is 0. The number of amides is 2. The van der Waals surface area contributed by atoms with Gasteiger partial charge in [0.1, 0.15) is 0 Å². The Kier molecular flexibility index (Phi) is 6.48. The van der Waals surface area contributed by atoms with Crippen molar-refractivity contribution < 1.29 is 14.7 Å². The molecule has 19 heavy (non-hydrogen) atoms. The van der Waals surface area contributed by atoms with Crippen molar-refractivity contribution in [3.63, 3.8) is 0 Å². The predicted molar refractivity (Wildman–Crippen MR) is 77.6 cm³/mol. The summed E-state index contributed by atoms with van der Waals surface area (Å²) in [6.45, 7) is 2.36. The molecule has 0 spiro atoms. The summed E-state index contributed by atoms with van der Waals surface area (Å²) in [6, 6.07) is 0.408. The van der Waals surface area contributed by atoms with Gasteiger partial charge in [-0.3, -0.25) is 4.79 Å². The van der Waals surface area contributed by atoms with E-state index in [0.29, 0.717) is 6.54 Å². The Balaban J connectivity index is 2.52. The van der Waals surface area contributed by atoms with Crippen molar-refractivity contribution in [3.05, 3.63) is 0 Å². The van der Waals surface area contributed by atoms with Crippen LogP contribution < -0.4 is 0 Å². The Morgan fingerprint density at radius 3 is 2.53 bits per heavy atom. The lowest BCUT2D eigenvalue weighted by molar-refractivity contribution is -0.137. The van der Waals surface area contributed by atoms with Crippen LogP contribution in [-0.4, -0.2) is 64.6 Å². The molecule has 1 atom stereocenters. The molecule has 5 nitrogen and oxygen atoms in total. The summed E-state index contributed by atoms with van der Waals surface area (Å²) < 4.78 is 0. The van der Waals surface area contributed by atoms with Crippen molar-refractivity contribution in [2.45, 2.75) is 44.7 Å². The number of nitrogens with zero attached hydrogens (tertiary/aromatic N) is 2. The van der Waals surface area contributed by atoms with Gasteiger partial charge in [0.25, 0.3) is 0 Å². The van der Waals surface area contributed by atoms with E-state index in [1.807, 2.05) is 14.0 Å². The van der Waals surface area contributed by atoms with E-state index in [4.69, 9.17) is 5.11 Å². The summed E-state index contributed by atoms with van der Waals surface area (Å²) in [5, 5.41) is 8.76. The monoisotopic (exact) mass is 288 g/mol. The maximum Gasteiger partial charge on any atom is 0.320 e. The van der Waals surface area contributed by atoms with Gasteiger partial charge in [0.15, 0.2) is 0 Å². The highest BCUT2D eigenvalue weighted by Crippen LogP contribution is 2.28. The quantitative estimate of drug-likeness (QED) is 0.743. The summed E-state index contributed by atoms with van der Waals surface area (Å²) >= 11 is 1.77. The van der Waals surface area contributed by atoms with E-state index in [9.17, 15) is 9.59 Å². The van der Waals surface area contributed by atoms with Gasteiger partial charge in [0.05, 0.1) is 6.42 Å². The largest absolute Gasteiger partial charge is 0.481 e. The number of aliphatic carboxylic acids is 1. The first-order chi connectivity index (χ1) is 8.97. The van der Waals surface area contributed by atoms with E-state index < -0.39 is 5.97 Å². The Labute approximate surface area is 119 Å². The van der Waals surface area contributed by atoms with E-state index in [2.05, 4.69) is 6.26 Å². The summed E-state index contributed by atoms with van der Waals surface area (Å²) in [4.78, 5) is 26.5. The number of hydrogen-bond donors (Lipinski definition) is 1. The van der Waals surface area contributed by atoms with Crippen LogP contribution in [0.15, 0.2) is 0 Å². The van der Waals surface area contributed by atoms with Gasteiger partial charge in [-0.05, 0) is 38.2 Å². The minimum Gasteiger partial charge on any atom is -0.481 e. The van der Waals surface area contributed by atoms with E-state index in [-0.39, 0.29) is 24.5 Å². The van der Waals surface area contributed by atoms with E-state index >= 15 is 0 Å². The predicted octanol–water partition coefficient (Wildman–Crippen LogP) is 2.12. The average molecular weight is 288 g/mol. The van der Waals surface area contributed by atoms with Crippen molar-refractivity contribution in [1.82, 2.24) is 9.80 Å². The average Bonchev–Trinajstić information content (AvgIpc) is 3.19. The lowest BCUT2D eigenvalue weighted by atomic mass is 10.2. The number of carboxylic acid groups (broad SMARTS) is 1. The molecule has 0 aromatic rings. The SMILES string of the molecule is CSCCC(C)N(C)C(=O)N(CCC(=O)O)C1CC1. The van der Waals surface area contributed by atoms with Crippen LogP contribution in [0.25, 0.3) is 0 Å². The third-order valence-electron chi connectivity index (χ3n) is 3.50.